The summed E-state index contributed by atoms with van der Waals surface area (Å²) in [5.41, 5.74) is 2.50. The van der Waals surface area contributed by atoms with Crippen molar-refractivity contribution in [3.05, 3.63) is 41.5 Å². The van der Waals surface area contributed by atoms with E-state index in [1.54, 1.807) is 33.5 Å². The maximum Gasteiger partial charge on any atom is 0.205 e. The van der Waals surface area contributed by atoms with E-state index in [2.05, 4.69) is 6.07 Å². The molecule has 2 aromatic carbocycles. The van der Waals surface area contributed by atoms with Crippen LogP contribution < -0.4 is 23.8 Å². The van der Waals surface area contributed by atoms with Crippen molar-refractivity contribution in [3.8, 4) is 29.1 Å². The molecule has 0 spiro atoms. The van der Waals surface area contributed by atoms with Gasteiger partial charge in [0.2, 0.25) is 5.90 Å². The van der Waals surface area contributed by atoms with E-state index in [0.29, 0.717) is 23.0 Å². The van der Waals surface area contributed by atoms with E-state index in [1.165, 1.54) is 0 Å². The van der Waals surface area contributed by atoms with Crippen LogP contribution in [0.3, 0.4) is 0 Å². The van der Waals surface area contributed by atoms with Crippen LogP contribution >= 0.6 is 0 Å². The van der Waals surface area contributed by atoms with Gasteiger partial charge in [-0.15, -0.1) is 0 Å². The third-order valence-electron chi connectivity index (χ3n) is 4.89. The standard InChI is InChI=1S/C21H23N3O4/c1-24(2)12-6-7-13-17(8-12)28-21(23)15(11-22)20(13)14-9-18(26-4)19(27-5)10-16(14)25-3/h6-10,15,20,23H,1-5H3. The average molecular weight is 381 g/mol. The zero-order chi connectivity index (χ0) is 20.4. The van der Waals surface area contributed by atoms with Crippen LogP contribution in [0, 0.1) is 22.7 Å². The van der Waals surface area contributed by atoms with Gasteiger partial charge in [-0.3, -0.25) is 5.41 Å². The van der Waals surface area contributed by atoms with Gasteiger partial charge in [0.05, 0.1) is 27.4 Å². The molecule has 0 fully saturated rings. The lowest BCUT2D eigenvalue weighted by Gasteiger charge is -2.32. The molecule has 7 nitrogen and oxygen atoms in total. The fourth-order valence-electron chi connectivity index (χ4n) is 3.44. The molecule has 3 rings (SSSR count). The van der Waals surface area contributed by atoms with Crippen molar-refractivity contribution in [2.24, 2.45) is 5.92 Å². The summed E-state index contributed by atoms with van der Waals surface area (Å²) < 4.78 is 22.1. The van der Waals surface area contributed by atoms with Gasteiger partial charge in [-0.05, 0) is 12.1 Å². The Kier molecular flexibility index (Phi) is 5.32. The zero-order valence-electron chi connectivity index (χ0n) is 16.6. The van der Waals surface area contributed by atoms with Crippen molar-refractivity contribution in [1.29, 1.82) is 10.7 Å². The Hall–Kier alpha value is -3.40. The summed E-state index contributed by atoms with van der Waals surface area (Å²) >= 11 is 0. The first-order valence-corrected chi connectivity index (χ1v) is 8.72. The normalized spacial score (nSPS) is 17.8. The summed E-state index contributed by atoms with van der Waals surface area (Å²) in [4.78, 5) is 1.95. The molecule has 0 radical (unpaired) electrons. The number of nitrogens with one attached hydrogen (secondary N) is 1. The number of benzene rings is 2. The lowest BCUT2D eigenvalue weighted by atomic mass is 9.78. The topological polar surface area (TPSA) is 87.8 Å². The first-order valence-electron chi connectivity index (χ1n) is 8.72. The highest BCUT2D eigenvalue weighted by Gasteiger charge is 2.39. The van der Waals surface area contributed by atoms with Crippen LogP contribution in [0.2, 0.25) is 0 Å². The lowest BCUT2D eigenvalue weighted by molar-refractivity contribution is 0.345. The molecule has 28 heavy (non-hydrogen) atoms. The Morgan fingerprint density at radius 1 is 0.964 bits per heavy atom. The molecular formula is C21H23N3O4. The van der Waals surface area contributed by atoms with Gasteiger partial charge >= 0.3 is 0 Å². The highest BCUT2D eigenvalue weighted by molar-refractivity contribution is 5.86. The van der Waals surface area contributed by atoms with Crippen molar-refractivity contribution in [2.75, 3.05) is 40.3 Å². The molecule has 7 heteroatoms. The van der Waals surface area contributed by atoms with E-state index in [0.717, 1.165) is 16.8 Å². The molecule has 1 heterocycles. The Morgan fingerprint density at radius 3 is 2.18 bits per heavy atom. The van der Waals surface area contributed by atoms with Crippen LogP contribution in [0.1, 0.15) is 17.0 Å². The summed E-state index contributed by atoms with van der Waals surface area (Å²) in [5.74, 6) is 0.857. The van der Waals surface area contributed by atoms with Gasteiger partial charge in [0.1, 0.15) is 17.4 Å². The largest absolute Gasteiger partial charge is 0.496 e. The number of anilines is 1. The second-order valence-electron chi connectivity index (χ2n) is 6.62. The number of ether oxygens (including phenoxy) is 4. The van der Waals surface area contributed by atoms with Crippen LogP contribution in [0.5, 0.6) is 23.0 Å². The minimum Gasteiger partial charge on any atom is -0.496 e. The number of nitrogens with zero attached hydrogens (tertiary/aromatic N) is 2. The van der Waals surface area contributed by atoms with Crippen LogP contribution in [0.25, 0.3) is 0 Å². The second-order valence-corrected chi connectivity index (χ2v) is 6.62. The minimum absolute atomic E-state index is 0.0901. The van der Waals surface area contributed by atoms with Gasteiger partial charge in [-0.25, -0.2) is 0 Å². The fraction of sp³-hybridized carbons (Fsp3) is 0.333. The lowest BCUT2D eigenvalue weighted by Crippen LogP contribution is -2.31. The quantitative estimate of drug-likeness (QED) is 0.854. The molecule has 2 atom stereocenters. The summed E-state index contributed by atoms with van der Waals surface area (Å²) in [6, 6.07) is 11.5. The van der Waals surface area contributed by atoms with Crippen molar-refractivity contribution in [1.82, 2.24) is 0 Å². The molecule has 0 saturated carbocycles. The maximum atomic E-state index is 9.78. The van der Waals surface area contributed by atoms with E-state index in [-0.39, 0.29) is 5.90 Å². The van der Waals surface area contributed by atoms with E-state index >= 15 is 0 Å². The molecule has 0 aliphatic carbocycles. The van der Waals surface area contributed by atoms with Crippen molar-refractivity contribution < 1.29 is 18.9 Å². The Bertz CT molecular complexity index is 949. The number of fused-ring (bicyclic) bond motifs is 1. The number of methoxy groups -OCH3 is 3. The van der Waals surface area contributed by atoms with Gasteiger partial charge in [0.25, 0.3) is 0 Å². The summed E-state index contributed by atoms with van der Waals surface area (Å²) in [7, 11) is 8.54. The van der Waals surface area contributed by atoms with E-state index in [4.69, 9.17) is 24.4 Å². The maximum absolute atomic E-state index is 9.78. The zero-order valence-corrected chi connectivity index (χ0v) is 16.6. The molecule has 0 aromatic heterocycles. The first-order chi connectivity index (χ1) is 13.4. The minimum atomic E-state index is -0.787. The van der Waals surface area contributed by atoms with Crippen LogP contribution in [0.4, 0.5) is 5.69 Å². The van der Waals surface area contributed by atoms with Gasteiger partial charge in [0.15, 0.2) is 11.5 Å². The number of rotatable bonds is 5. The number of nitriles is 1. The van der Waals surface area contributed by atoms with Gasteiger partial charge in [0, 0.05) is 49.0 Å². The highest BCUT2D eigenvalue weighted by Crippen LogP contribution is 2.48. The van der Waals surface area contributed by atoms with Gasteiger partial charge < -0.3 is 23.8 Å². The third kappa shape index (κ3) is 3.18. The molecule has 0 saturated heterocycles. The van der Waals surface area contributed by atoms with E-state index < -0.39 is 11.8 Å². The third-order valence-corrected chi connectivity index (χ3v) is 4.89. The number of hydrogen-bond donors (Lipinski definition) is 1. The molecule has 0 amide bonds. The second kappa shape index (κ2) is 7.69. The number of hydrogen-bond acceptors (Lipinski definition) is 7. The monoisotopic (exact) mass is 381 g/mol. The molecule has 2 unspecified atom stereocenters. The fourth-order valence-corrected chi connectivity index (χ4v) is 3.44. The van der Waals surface area contributed by atoms with Crippen LogP contribution in [0.15, 0.2) is 30.3 Å². The van der Waals surface area contributed by atoms with Crippen molar-refractivity contribution in [3.63, 3.8) is 0 Å². The smallest absolute Gasteiger partial charge is 0.205 e. The molecule has 1 aliphatic heterocycles. The SMILES string of the molecule is COc1cc(OC)c(C2c3ccc(N(C)C)cc3OC(=N)C2C#N)cc1OC. The summed E-state index contributed by atoms with van der Waals surface area (Å²) in [6.45, 7) is 0. The molecule has 1 N–H and O–H groups in total. The Labute approximate surface area is 164 Å². The highest BCUT2D eigenvalue weighted by atomic mass is 16.5. The van der Waals surface area contributed by atoms with Crippen LogP contribution in [-0.2, 0) is 0 Å². The predicted molar refractivity (Wildman–Crippen MR) is 106 cm³/mol. The first kappa shape index (κ1) is 19.4. The van der Waals surface area contributed by atoms with Crippen molar-refractivity contribution >= 4 is 11.6 Å². The van der Waals surface area contributed by atoms with E-state index in [9.17, 15) is 5.26 Å². The predicted octanol–water partition coefficient (Wildman–Crippen LogP) is 3.42. The molecular weight excluding hydrogens is 358 g/mol. The van der Waals surface area contributed by atoms with Crippen LogP contribution in [-0.4, -0.2) is 41.3 Å². The molecule has 2 aromatic rings. The van der Waals surface area contributed by atoms with Gasteiger partial charge in [-0.2, -0.15) is 5.26 Å². The molecule has 0 bridgehead atoms. The molecule has 1 aliphatic rings. The Morgan fingerprint density at radius 2 is 1.61 bits per heavy atom. The molecule has 146 valence electrons. The average Bonchev–Trinajstić information content (AvgIpc) is 2.71. The van der Waals surface area contributed by atoms with Crippen molar-refractivity contribution in [2.45, 2.75) is 5.92 Å². The Balaban J connectivity index is 2.25. The van der Waals surface area contributed by atoms with Gasteiger partial charge in [-0.1, -0.05) is 6.07 Å². The van der Waals surface area contributed by atoms with E-state index in [1.807, 2.05) is 37.2 Å². The summed E-state index contributed by atoms with van der Waals surface area (Å²) in [6.07, 6.45) is 0. The summed E-state index contributed by atoms with van der Waals surface area (Å²) in [5, 5.41) is 18.1.